The van der Waals surface area contributed by atoms with E-state index < -0.39 is 0 Å². The standard InChI is InChI=1S/C19H22Cl2N4O3S/c1-13-8-17(23-28-13)22-18(26)10-24-4-6-25(7-5-24)19(27)12-29-11-14-2-3-15(20)9-16(14)21/h2-3,8-9H,4-7,10-12H2,1H3,(H,22,23,26). The van der Waals surface area contributed by atoms with E-state index in [4.69, 9.17) is 27.7 Å². The number of carbonyl (C=O) groups is 2. The molecule has 2 amide bonds. The molecule has 1 aromatic carbocycles. The number of amides is 2. The first-order valence-electron chi connectivity index (χ1n) is 9.15. The van der Waals surface area contributed by atoms with E-state index in [0.29, 0.717) is 59.3 Å². The summed E-state index contributed by atoms with van der Waals surface area (Å²) in [5.41, 5.74) is 0.965. The van der Waals surface area contributed by atoms with Gasteiger partial charge in [0.25, 0.3) is 0 Å². The number of hydrogen-bond acceptors (Lipinski definition) is 6. The lowest BCUT2D eigenvalue weighted by atomic mass is 10.2. The molecule has 0 radical (unpaired) electrons. The summed E-state index contributed by atoms with van der Waals surface area (Å²) in [5, 5.41) is 7.67. The zero-order chi connectivity index (χ0) is 20.8. The maximum absolute atomic E-state index is 12.4. The molecular formula is C19H22Cl2N4O3S. The first kappa shape index (κ1) is 22.0. The number of carbonyl (C=O) groups excluding carboxylic acids is 2. The molecule has 1 N–H and O–H groups in total. The largest absolute Gasteiger partial charge is 0.360 e. The Labute approximate surface area is 183 Å². The van der Waals surface area contributed by atoms with E-state index in [1.165, 1.54) is 11.8 Å². The third-order valence-corrected chi connectivity index (χ3v) is 6.04. The van der Waals surface area contributed by atoms with Crippen molar-refractivity contribution in [1.29, 1.82) is 0 Å². The Hall–Kier alpha value is -1.74. The van der Waals surface area contributed by atoms with Crippen molar-refractivity contribution < 1.29 is 14.1 Å². The third-order valence-electron chi connectivity index (χ3n) is 4.49. The molecule has 2 heterocycles. The van der Waals surface area contributed by atoms with Crippen molar-refractivity contribution in [2.45, 2.75) is 12.7 Å². The second kappa shape index (κ2) is 10.3. The van der Waals surface area contributed by atoms with Crippen LogP contribution in [0.15, 0.2) is 28.8 Å². The molecule has 3 rings (SSSR count). The number of nitrogens with zero attached hydrogens (tertiary/aromatic N) is 3. The van der Waals surface area contributed by atoms with Crippen LogP contribution in [-0.4, -0.2) is 65.2 Å². The summed E-state index contributed by atoms with van der Waals surface area (Å²) in [4.78, 5) is 28.4. The van der Waals surface area contributed by atoms with E-state index >= 15 is 0 Å². The number of benzene rings is 1. The van der Waals surface area contributed by atoms with Crippen LogP contribution in [0.1, 0.15) is 11.3 Å². The van der Waals surface area contributed by atoms with Crippen molar-refractivity contribution in [3.63, 3.8) is 0 Å². The summed E-state index contributed by atoms with van der Waals surface area (Å²) < 4.78 is 4.93. The average Bonchev–Trinajstić information content (AvgIpc) is 3.08. The Kier molecular flexibility index (Phi) is 7.83. The number of hydrogen-bond donors (Lipinski definition) is 1. The van der Waals surface area contributed by atoms with Gasteiger partial charge in [-0.3, -0.25) is 14.5 Å². The molecule has 2 aromatic rings. The summed E-state index contributed by atoms with van der Waals surface area (Å²) in [6, 6.07) is 7.06. The smallest absolute Gasteiger partial charge is 0.239 e. The summed E-state index contributed by atoms with van der Waals surface area (Å²) in [6.07, 6.45) is 0. The summed E-state index contributed by atoms with van der Waals surface area (Å²) in [7, 11) is 0. The molecule has 0 spiro atoms. The van der Waals surface area contributed by atoms with Gasteiger partial charge >= 0.3 is 0 Å². The predicted molar refractivity (Wildman–Crippen MR) is 116 cm³/mol. The van der Waals surface area contributed by atoms with Gasteiger partial charge in [0.1, 0.15) is 5.76 Å². The van der Waals surface area contributed by atoms with E-state index in [1.807, 2.05) is 15.9 Å². The van der Waals surface area contributed by atoms with Crippen molar-refractivity contribution in [1.82, 2.24) is 15.0 Å². The molecule has 0 bridgehead atoms. The molecular weight excluding hydrogens is 435 g/mol. The molecule has 0 atom stereocenters. The first-order valence-corrected chi connectivity index (χ1v) is 11.1. The van der Waals surface area contributed by atoms with E-state index in [0.717, 1.165) is 5.56 Å². The van der Waals surface area contributed by atoms with Gasteiger partial charge in [0.2, 0.25) is 11.8 Å². The van der Waals surface area contributed by atoms with Gasteiger partial charge in [0, 0.05) is 48.0 Å². The molecule has 7 nitrogen and oxygen atoms in total. The summed E-state index contributed by atoms with van der Waals surface area (Å²) >= 11 is 13.6. The molecule has 156 valence electrons. The Morgan fingerprint density at radius 3 is 2.62 bits per heavy atom. The second-order valence-corrected chi connectivity index (χ2v) is 8.59. The number of aromatic nitrogens is 1. The maximum atomic E-state index is 12.4. The molecule has 1 aliphatic rings. The topological polar surface area (TPSA) is 78.7 Å². The van der Waals surface area contributed by atoms with Gasteiger partial charge in [-0.2, -0.15) is 0 Å². The molecule has 0 saturated carbocycles. The minimum absolute atomic E-state index is 0.0993. The van der Waals surface area contributed by atoms with Crippen LogP contribution in [0.25, 0.3) is 0 Å². The fourth-order valence-corrected chi connectivity index (χ4v) is 4.43. The quantitative estimate of drug-likeness (QED) is 0.688. The summed E-state index contributed by atoms with van der Waals surface area (Å²) in [6.45, 7) is 4.56. The molecule has 1 aliphatic heterocycles. The second-order valence-electron chi connectivity index (χ2n) is 6.76. The zero-order valence-electron chi connectivity index (χ0n) is 16.0. The monoisotopic (exact) mass is 456 g/mol. The molecule has 10 heteroatoms. The van der Waals surface area contributed by atoms with Gasteiger partial charge in [-0.1, -0.05) is 34.4 Å². The van der Waals surface area contributed by atoms with E-state index in [2.05, 4.69) is 10.5 Å². The highest BCUT2D eigenvalue weighted by Gasteiger charge is 2.22. The Morgan fingerprint density at radius 1 is 1.21 bits per heavy atom. The highest BCUT2D eigenvalue weighted by Crippen LogP contribution is 2.24. The van der Waals surface area contributed by atoms with Crippen LogP contribution in [0.5, 0.6) is 0 Å². The molecule has 1 saturated heterocycles. The fourth-order valence-electron chi connectivity index (χ4n) is 2.94. The number of nitrogens with one attached hydrogen (secondary N) is 1. The minimum Gasteiger partial charge on any atom is -0.360 e. The van der Waals surface area contributed by atoms with Gasteiger partial charge in [-0.25, -0.2) is 0 Å². The molecule has 1 aromatic heterocycles. The van der Waals surface area contributed by atoms with Crippen molar-refractivity contribution >= 4 is 52.6 Å². The number of halogens is 2. The van der Waals surface area contributed by atoms with Gasteiger partial charge in [0.05, 0.1) is 12.3 Å². The molecule has 29 heavy (non-hydrogen) atoms. The number of thioether (sulfide) groups is 1. The molecule has 0 aliphatic carbocycles. The zero-order valence-corrected chi connectivity index (χ0v) is 18.3. The van der Waals surface area contributed by atoms with Crippen molar-refractivity contribution in [3.05, 3.63) is 45.6 Å². The highest BCUT2D eigenvalue weighted by atomic mass is 35.5. The lowest BCUT2D eigenvalue weighted by Crippen LogP contribution is -2.50. The molecule has 1 fully saturated rings. The number of piperazine rings is 1. The number of rotatable bonds is 7. The normalized spacial score (nSPS) is 14.8. The lowest BCUT2D eigenvalue weighted by molar-refractivity contribution is -0.130. The first-order chi connectivity index (χ1) is 13.9. The van der Waals surface area contributed by atoms with Crippen LogP contribution in [0.4, 0.5) is 5.82 Å². The fraction of sp³-hybridized carbons (Fsp3) is 0.421. The van der Waals surface area contributed by atoms with E-state index in [-0.39, 0.29) is 18.4 Å². The van der Waals surface area contributed by atoms with Crippen LogP contribution >= 0.6 is 35.0 Å². The van der Waals surface area contributed by atoms with Gasteiger partial charge in [-0.05, 0) is 24.6 Å². The van der Waals surface area contributed by atoms with Gasteiger partial charge in [0.15, 0.2) is 5.82 Å². The number of anilines is 1. The van der Waals surface area contributed by atoms with Crippen LogP contribution in [-0.2, 0) is 15.3 Å². The van der Waals surface area contributed by atoms with E-state index in [9.17, 15) is 9.59 Å². The van der Waals surface area contributed by atoms with Crippen LogP contribution in [0, 0.1) is 6.92 Å². The van der Waals surface area contributed by atoms with Crippen molar-refractivity contribution in [2.24, 2.45) is 0 Å². The van der Waals surface area contributed by atoms with Crippen molar-refractivity contribution in [3.8, 4) is 0 Å². The van der Waals surface area contributed by atoms with Gasteiger partial charge in [-0.15, -0.1) is 11.8 Å². The van der Waals surface area contributed by atoms with E-state index in [1.54, 1.807) is 25.1 Å². The van der Waals surface area contributed by atoms with Crippen LogP contribution in [0.3, 0.4) is 0 Å². The van der Waals surface area contributed by atoms with Gasteiger partial charge < -0.3 is 14.7 Å². The Morgan fingerprint density at radius 2 is 1.97 bits per heavy atom. The van der Waals surface area contributed by atoms with Crippen molar-refractivity contribution in [2.75, 3.05) is 43.8 Å². The maximum Gasteiger partial charge on any atom is 0.239 e. The molecule has 0 unspecified atom stereocenters. The minimum atomic E-state index is -0.145. The average molecular weight is 457 g/mol. The predicted octanol–water partition coefficient (Wildman–Crippen LogP) is 3.31. The van der Waals surface area contributed by atoms with Crippen LogP contribution < -0.4 is 5.32 Å². The third kappa shape index (κ3) is 6.64. The number of aryl methyl sites for hydroxylation is 1. The summed E-state index contributed by atoms with van der Waals surface area (Å²) in [5.74, 6) is 2.06. The Balaban J connectivity index is 1.36. The lowest BCUT2D eigenvalue weighted by Gasteiger charge is -2.34. The van der Waals surface area contributed by atoms with Crippen LogP contribution in [0.2, 0.25) is 10.0 Å². The Bertz CT molecular complexity index is 869. The SMILES string of the molecule is Cc1cc(NC(=O)CN2CCN(C(=O)CSCc3ccc(Cl)cc3Cl)CC2)no1. The highest BCUT2D eigenvalue weighted by molar-refractivity contribution is 7.99.